The third kappa shape index (κ3) is 3.19. The highest BCUT2D eigenvalue weighted by molar-refractivity contribution is 5.80. The first-order valence-electron chi connectivity index (χ1n) is 5.97. The third-order valence-electron chi connectivity index (χ3n) is 2.36. The van der Waals surface area contributed by atoms with Crippen LogP contribution in [0.4, 0.5) is 5.95 Å². The Hall–Kier alpha value is -2.11. The van der Waals surface area contributed by atoms with Gasteiger partial charge in [0, 0.05) is 12.7 Å². The van der Waals surface area contributed by atoms with Gasteiger partial charge in [-0.3, -0.25) is 4.79 Å². The largest absolute Gasteiger partial charge is 0.354 e. The number of nitrogens with one attached hydrogen (secondary N) is 2. The average Bonchev–Trinajstić information content (AvgIpc) is 2.76. The van der Waals surface area contributed by atoms with Gasteiger partial charge in [0.25, 0.3) is 0 Å². The molecule has 0 saturated heterocycles. The Balaban J connectivity index is 1.88. The van der Waals surface area contributed by atoms with Crippen molar-refractivity contribution in [1.29, 1.82) is 0 Å². The molecule has 0 aliphatic rings. The zero-order chi connectivity index (χ0) is 13.0. The fraction of sp³-hybridized carbons (Fsp3) is 0.417. The SMILES string of the molecule is CC(C)CNC(=O)CNc1nc2ccccn2n1. The highest BCUT2D eigenvalue weighted by Crippen LogP contribution is 2.03. The van der Waals surface area contributed by atoms with Crippen LogP contribution in [0.1, 0.15) is 13.8 Å². The first-order valence-corrected chi connectivity index (χ1v) is 5.97. The molecule has 0 unspecified atom stereocenters. The summed E-state index contributed by atoms with van der Waals surface area (Å²) in [7, 11) is 0. The maximum Gasteiger partial charge on any atom is 0.243 e. The van der Waals surface area contributed by atoms with E-state index in [1.165, 1.54) is 0 Å². The summed E-state index contributed by atoms with van der Waals surface area (Å²) >= 11 is 0. The molecule has 2 N–H and O–H groups in total. The van der Waals surface area contributed by atoms with Gasteiger partial charge in [0.05, 0.1) is 6.54 Å². The number of nitrogens with zero attached hydrogens (tertiary/aromatic N) is 3. The maximum atomic E-state index is 11.5. The van der Waals surface area contributed by atoms with Crippen molar-refractivity contribution in [2.75, 3.05) is 18.4 Å². The minimum Gasteiger partial charge on any atom is -0.354 e. The summed E-state index contributed by atoms with van der Waals surface area (Å²) in [5, 5.41) is 9.92. The van der Waals surface area contributed by atoms with Crippen molar-refractivity contribution in [3.05, 3.63) is 24.4 Å². The number of aromatic nitrogens is 3. The monoisotopic (exact) mass is 247 g/mol. The summed E-state index contributed by atoms with van der Waals surface area (Å²) in [6, 6.07) is 5.63. The molecule has 0 aliphatic carbocycles. The van der Waals surface area contributed by atoms with Gasteiger partial charge in [-0.15, -0.1) is 5.10 Å². The fourth-order valence-electron chi connectivity index (χ4n) is 1.45. The first-order chi connectivity index (χ1) is 8.65. The van der Waals surface area contributed by atoms with Gasteiger partial charge in [0.15, 0.2) is 5.65 Å². The highest BCUT2D eigenvalue weighted by atomic mass is 16.1. The van der Waals surface area contributed by atoms with Crippen LogP contribution >= 0.6 is 0 Å². The van der Waals surface area contributed by atoms with E-state index >= 15 is 0 Å². The van der Waals surface area contributed by atoms with E-state index in [-0.39, 0.29) is 12.5 Å². The van der Waals surface area contributed by atoms with Crippen LogP contribution in [-0.2, 0) is 4.79 Å². The Bertz CT molecular complexity index is 501. The smallest absolute Gasteiger partial charge is 0.243 e. The van der Waals surface area contributed by atoms with Crippen LogP contribution in [0.2, 0.25) is 0 Å². The molecule has 0 fully saturated rings. The second-order valence-electron chi connectivity index (χ2n) is 4.49. The van der Waals surface area contributed by atoms with Gasteiger partial charge in [-0.25, -0.2) is 4.52 Å². The average molecular weight is 247 g/mol. The van der Waals surface area contributed by atoms with E-state index in [1.807, 2.05) is 24.4 Å². The van der Waals surface area contributed by atoms with E-state index in [0.29, 0.717) is 18.4 Å². The van der Waals surface area contributed by atoms with E-state index < -0.39 is 0 Å². The summed E-state index contributed by atoms with van der Waals surface area (Å²) in [6.45, 7) is 4.97. The molecule has 0 aromatic carbocycles. The molecule has 0 atom stereocenters. The number of anilines is 1. The predicted molar refractivity (Wildman–Crippen MR) is 69.3 cm³/mol. The van der Waals surface area contributed by atoms with Gasteiger partial charge >= 0.3 is 0 Å². The van der Waals surface area contributed by atoms with Crippen molar-refractivity contribution in [2.24, 2.45) is 5.92 Å². The number of fused-ring (bicyclic) bond motifs is 1. The van der Waals surface area contributed by atoms with Crippen LogP contribution in [-0.4, -0.2) is 33.6 Å². The van der Waals surface area contributed by atoms with Crippen molar-refractivity contribution in [3.8, 4) is 0 Å². The molecule has 2 rings (SSSR count). The van der Waals surface area contributed by atoms with Gasteiger partial charge in [0.1, 0.15) is 0 Å². The van der Waals surface area contributed by atoms with E-state index in [0.717, 1.165) is 5.65 Å². The van der Waals surface area contributed by atoms with E-state index in [1.54, 1.807) is 4.52 Å². The maximum absolute atomic E-state index is 11.5. The van der Waals surface area contributed by atoms with Crippen molar-refractivity contribution in [1.82, 2.24) is 19.9 Å². The quantitative estimate of drug-likeness (QED) is 0.824. The van der Waals surface area contributed by atoms with Crippen LogP contribution in [0.15, 0.2) is 24.4 Å². The number of pyridine rings is 1. The Morgan fingerprint density at radius 2 is 2.28 bits per heavy atom. The number of carbonyl (C=O) groups excluding carboxylic acids is 1. The molecule has 18 heavy (non-hydrogen) atoms. The fourth-order valence-corrected chi connectivity index (χ4v) is 1.45. The minimum atomic E-state index is -0.0532. The Morgan fingerprint density at radius 3 is 3.00 bits per heavy atom. The highest BCUT2D eigenvalue weighted by Gasteiger charge is 2.05. The Labute approximate surface area is 105 Å². The molecule has 6 heteroatoms. The van der Waals surface area contributed by atoms with Gasteiger partial charge < -0.3 is 10.6 Å². The topological polar surface area (TPSA) is 71.3 Å². The molecule has 2 aromatic heterocycles. The lowest BCUT2D eigenvalue weighted by molar-refractivity contribution is -0.119. The standard InChI is InChI=1S/C12H17N5O/c1-9(2)7-13-11(18)8-14-12-15-10-5-3-4-6-17(10)16-12/h3-6,9H,7-8H2,1-2H3,(H,13,18)(H,14,16). The van der Waals surface area contributed by atoms with E-state index in [4.69, 9.17) is 0 Å². The lowest BCUT2D eigenvalue weighted by Crippen LogP contribution is -2.32. The Morgan fingerprint density at radius 1 is 1.44 bits per heavy atom. The lowest BCUT2D eigenvalue weighted by atomic mass is 10.2. The molecule has 0 radical (unpaired) electrons. The van der Waals surface area contributed by atoms with Crippen LogP contribution in [0.25, 0.3) is 5.65 Å². The van der Waals surface area contributed by atoms with Crippen LogP contribution in [0, 0.1) is 5.92 Å². The first kappa shape index (κ1) is 12.3. The lowest BCUT2D eigenvalue weighted by Gasteiger charge is -2.07. The molecule has 0 aliphatic heterocycles. The van der Waals surface area contributed by atoms with Crippen molar-refractivity contribution in [3.63, 3.8) is 0 Å². The molecule has 0 saturated carbocycles. The van der Waals surface area contributed by atoms with E-state index in [9.17, 15) is 4.79 Å². The second kappa shape index (κ2) is 5.48. The van der Waals surface area contributed by atoms with Crippen molar-refractivity contribution < 1.29 is 4.79 Å². The molecule has 2 aromatic rings. The number of amides is 1. The number of hydrogen-bond acceptors (Lipinski definition) is 4. The van der Waals surface area contributed by atoms with Crippen molar-refractivity contribution in [2.45, 2.75) is 13.8 Å². The molecule has 96 valence electrons. The van der Waals surface area contributed by atoms with Crippen LogP contribution in [0.3, 0.4) is 0 Å². The summed E-state index contributed by atoms with van der Waals surface area (Å²) in [4.78, 5) is 15.7. The minimum absolute atomic E-state index is 0.0532. The zero-order valence-corrected chi connectivity index (χ0v) is 10.6. The summed E-state index contributed by atoms with van der Waals surface area (Å²) in [5.74, 6) is 0.853. The van der Waals surface area contributed by atoms with Gasteiger partial charge in [-0.05, 0) is 18.1 Å². The van der Waals surface area contributed by atoms with E-state index in [2.05, 4.69) is 34.6 Å². The number of carbonyl (C=O) groups is 1. The molecule has 2 heterocycles. The van der Waals surface area contributed by atoms with Crippen LogP contribution in [0.5, 0.6) is 0 Å². The number of rotatable bonds is 5. The molecule has 0 spiro atoms. The van der Waals surface area contributed by atoms with Gasteiger partial charge in [-0.2, -0.15) is 4.98 Å². The van der Waals surface area contributed by atoms with Gasteiger partial charge in [-0.1, -0.05) is 19.9 Å². The summed E-state index contributed by atoms with van der Waals surface area (Å²) in [5.41, 5.74) is 0.752. The molecule has 6 nitrogen and oxygen atoms in total. The predicted octanol–water partition coefficient (Wildman–Crippen LogP) is 0.913. The van der Waals surface area contributed by atoms with Gasteiger partial charge in [0.2, 0.25) is 11.9 Å². The molecule has 1 amide bonds. The normalized spacial score (nSPS) is 10.8. The van der Waals surface area contributed by atoms with Crippen molar-refractivity contribution >= 4 is 17.5 Å². The zero-order valence-electron chi connectivity index (χ0n) is 10.6. The van der Waals surface area contributed by atoms with Crippen LogP contribution < -0.4 is 10.6 Å². The molecular formula is C12H17N5O. The molecule has 0 bridgehead atoms. The number of hydrogen-bond donors (Lipinski definition) is 2. The Kier molecular flexibility index (Phi) is 3.76. The third-order valence-corrected chi connectivity index (χ3v) is 2.36. The summed E-state index contributed by atoms with van der Waals surface area (Å²) < 4.78 is 1.66. The summed E-state index contributed by atoms with van der Waals surface area (Å²) in [6.07, 6.45) is 1.81. The molecular weight excluding hydrogens is 230 g/mol. The second-order valence-corrected chi connectivity index (χ2v) is 4.49.